The van der Waals surface area contributed by atoms with Crippen LogP contribution in [-0.4, -0.2) is 20.4 Å². The number of nitrogens with one attached hydrogen (secondary N) is 2. The standard InChI is InChI=1S/C7H10ClN3O2S/c1-9-11-14(12,13)5-6-2-3-7(8)10-4-6/h2-4,9,11H,5H2,1H3. The van der Waals surface area contributed by atoms with E-state index in [4.69, 9.17) is 11.6 Å². The molecule has 78 valence electrons. The third kappa shape index (κ3) is 3.59. The first-order valence-electron chi connectivity index (χ1n) is 3.80. The minimum absolute atomic E-state index is 0.127. The van der Waals surface area contributed by atoms with Gasteiger partial charge in [0, 0.05) is 6.20 Å². The van der Waals surface area contributed by atoms with E-state index in [0.717, 1.165) is 0 Å². The number of hydrogen-bond donors (Lipinski definition) is 2. The van der Waals surface area contributed by atoms with E-state index in [2.05, 4.69) is 15.2 Å². The third-order valence-electron chi connectivity index (χ3n) is 1.40. The summed E-state index contributed by atoms with van der Waals surface area (Å²) in [6.07, 6.45) is 1.43. The van der Waals surface area contributed by atoms with Crippen LogP contribution in [0.3, 0.4) is 0 Å². The van der Waals surface area contributed by atoms with Gasteiger partial charge >= 0.3 is 0 Å². The van der Waals surface area contributed by atoms with Crippen LogP contribution >= 0.6 is 11.6 Å². The topological polar surface area (TPSA) is 71.1 Å². The fourth-order valence-corrected chi connectivity index (χ4v) is 2.01. The van der Waals surface area contributed by atoms with Gasteiger partial charge in [-0.15, -0.1) is 0 Å². The van der Waals surface area contributed by atoms with E-state index >= 15 is 0 Å². The SMILES string of the molecule is CNNS(=O)(=O)Cc1ccc(Cl)nc1. The second-order valence-electron chi connectivity index (χ2n) is 2.60. The molecule has 0 aliphatic rings. The maximum Gasteiger partial charge on any atom is 0.228 e. The van der Waals surface area contributed by atoms with E-state index in [1.165, 1.54) is 13.2 Å². The van der Waals surface area contributed by atoms with Gasteiger partial charge in [0.05, 0.1) is 5.75 Å². The van der Waals surface area contributed by atoms with Crippen molar-refractivity contribution in [3.05, 3.63) is 29.0 Å². The van der Waals surface area contributed by atoms with E-state index in [9.17, 15) is 8.42 Å². The van der Waals surface area contributed by atoms with Crippen molar-refractivity contribution in [2.24, 2.45) is 0 Å². The minimum atomic E-state index is -3.34. The van der Waals surface area contributed by atoms with Gasteiger partial charge in [0.1, 0.15) is 5.15 Å². The van der Waals surface area contributed by atoms with Crippen LogP contribution in [-0.2, 0) is 15.8 Å². The molecule has 7 heteroatoms. The average molecular weight is 236 g/mol. The number of pyridine rings is 1. The summed E-state index contributed by atoms with van der Waals surface area (Å²) in [5.41, 5.74) is 2.94. The first-order chi connectivity index (χ1) is 6.53. The summed E-state index contributed by atoms with van der Waals surface area (Å²) < 4.78 is 22.5. The molecule has 0 atom stereocenters. The Bertz CT molecular complexity index is 390. The van der Waals surface area contributed by atoms with Crippen LogP contribution < -0.4 is 10.3 Å². The second-order valence-corrected chi connectivity index (χ2v) is 4.71. The van der Waals surface area contributed by atoms with Crippen molar-refractivity contribution >= 4 is 21.6 Å². The van der Waals surface area contributed by atoms with Crippen molar-refractivity contribution in [1.82, 2.24) is 15.2 Å². The molecule has 1 aromatic heterocycles. The Balaban J connectivity index is 2.74. The van der Waals surface area contributed by atoms with Gasteiger partial charge in [0.25, 0.3) is 0 Å². The molecule has 0 spiro atoms. The smallest absolute Gasteiger partial charge is 0.228 e. The van der Waals surface area contributed by atoms with Crippen molar-refractivity contribution in [3.63, 3.8) is 0 Å². The molecule has 0 aliphatic carbocycles. The highest BCUT2D eigenvalue weighted by atomic mass is 35.5. The Kier molecular flexibility index (Phi) is 3.82. The fraction of sp³-hybridized carbons (Fsp3) is 0.286. The van der Waals surface area contributed by atoms with Gasteiger partial charge in [0.15, 0.2) is 0 Å². The maximum absolute atomic E-state index is 11.3. The molecule has 0 saturated heterocycles. The molecule has 0 aliphatic heterocycles. The van der Waals surface area contributed by atoms with E-state index in [1.807, 2.05) is 0 Å². The van der Waals surface area contributed by atoms with Gasteiger partial charge in [-0.1, -0.05) is 17.7 Å². The molecular weight excluding hydrogens is 226 g/mol. The molecule has 0 saturated carbocycles. The fourth-order valence-electron chi connectivity index (χ4n) is 0.903. The number of sulfonamides is 1. The Hall–Kier alpha value is -0.690. The quantitative estimate of drug-likeness (QED) is 0.581. The van der Waals surface area contributed by atoms with Crippen molar-refractivity contribution < 1.29 is 8.42 Å². The molecule has 0 amide bonds. The highest BCUT2D eigenvalue weighted by Gasteiger charge is 2.09. The number of hydrogen-bond acceptors (Lipinski definition) is 4. The predicted molar refractivity (Wildman–Crippen MR) is 54.1 cm³/mol. The highest BCUT2D eigenvalue weighted by Crippen LogP contribution is 2.07. The van der Waals surface area contributed by atoms with Crippen molar-refractivity contribution in [1.29, 1.82) is 0 Å². The normalized spacial score (nSPS) is 11.6. The van der Waals surface area contributed by atoms with Crippen LogP contribution in [0.5, 0.6) is 0 Å². The van der Waals surface area contributed by atoms with Gasteiger partial charge in [-0.3, -0.25) is 0 Å². The average Bonchev–Trinajstić information content (AvgIpc) is 2.08. The van der Waals surface area contributed by atoms with Crippen LogP contribution in [0.1, 0.15) is 5.56 Å². The molecule has 14 heavy (non-hydrogen) atoms. The van der Waals surface area contributed by atoms with Gasteiger partial charge < -0.3 is 0 Å². The predicted octanol–water partition coefficient (Wildman–Crippen LogP) is 0.289. The number of halogens is 1. The van der Waals surface area contributed by atoms with E-state index in [0.29, 0.717) is 10.7 Å². The number of hydrazine groups is 1. The van der Waals surface area contributed by atoms with Gasteiger partial charge in [-0.2, -0.15) is 4.83 Å². The molecule has 1 aromatic rings. The van der Waals surface area contributed by atoms with Gasteiger partial charge in [-0.05, 0) is 18.7 Å². The number of rotatable bonds is 4. The minimum Gasteiger partial charge on any atom is -0.247 e. The number of nitrogens with zero attached hydrogens (tertiary/aromatic N) is 1. The van der Waals surface area contributed by atoms with Crippen LogP contribution in [0.15, 0.2) is 18.3 Å². The summed E-state index contributed by atoms with van der Waals surface area (Å²) >= 11 is 5.56. The Morgan fingerprint density at radius 1 is 1.50 bits per heavy atom. The summed E-state index contributed by atoms with van der Waals surface area (Å²) in [6.45, 7) is 0. The lowest BCUT2D eigenvalue weighted by molar-refractivity contribution is 0.569. The number of aromatic nitrogens is 1. The van der Waals surface area contributed by atoms with Crippen molar-refractivity contribution in [3.8, 4) is 0 Å². The first-order valence-corrected chi connectivity index (χ1v) is 5.83. The van der Waals surface area contributed by atoms with Crippen LogP contribution in [0.25, 0.3) is 0 Å². The van der Waals surface area contributed by atoms with Crippen LogP contribution in [0, 0.1) is 0 Å². The highest BCUT2D eigenvalue weighted by molar-refractivity contribution is 7.88. The third-order valence-corrected chi connectivity index (χ3v) is 2.85. The summed E-state index contributed by atoms with van der Waals surface area (Å²) in [5, 5.41) is 0.340. The Labute approximate surface area is 87.5 Å². The lowest BCUT2D eigenvalue weighted by Crippen LogP contribution is -2.35. The zero-order chi connectivity index (χ0) is 10.6. The van der Waals surface area contributed by atoms with E-state index in [1.54, 1.807) is 12.1 Å². The zero-order valence-corrected chi connectivity index (χ0v) is 9.06. The summed E-state index contributed by atoms with van der Waals surface area (Å²) in [6, 6.07) is 3.16. The molecule has 1 rings (SSSR count). The molecule has 0 radical (unpaired) electrons. The maximum atomic E-state index is 11.3. The monoisotopic (exact) mass is 235 g/mol. The molecule has 0 fully saturated rings. The first kappa shape index (κ1) is 11.4. The molecule has 0 aromatic carbocycles. The van der Waals surface area contributed by atoms with Gasteiger partial charge in [-0.25, -0.2) is 18.8 Å². The van der Waals surface area contributed by atoms with Gasteiger partial charge in [0.2, 0.25) is 10.0 Å². The van der Waals surface area contributed by atoms with E-state index in [-0.39, 0.29) is 5.75 Å². The van der Waals surface area contributed by atoms with Crippen molar-refractivity contribution in [2.45, 2.75) is 5.75 Å². The van der Waals surface area contributed by atoms with Crippen LogP contribution in [0.2, 0.25) is 5.15 Å². The zero-order valence-electron chi connectivity index (χ0n) is 7.49. The van der Waals surface area contributed by atoms with E-state index < -0.39 is 10.0 Å². The summed E-state index contributed by atoms with van der Waals surface area (Å²) in [4.78, 5) is 5.92. The van der Waals surface area contributed by atoms with Crippen molar-refractivity contribution in [2.75, 3.05) is 7.05 Å². The molecule has 1 heterocycles. The summed E-state index contributed by atoms with van der Waals surface area (Å²) in [5.74, 6) is -0.127. The van der Waals surface area contributed by atoms with Crippen LogP contribution in [0.4, 0.5) is 0 Å². The molecule has 5 nitrogen and oxygen atoms in total. The molecular formula is C7H10ClN3O2S. The summed E-state index contributed by atoms with van der Waals surface area (Å²) in [7, 11) is -1.86. The Morgan fingerprint density at radius 3 is 2.71 bits per heavy atom. The molecule has 0 unspecified atom stereocenters. The lowest BCUT2D eigenvalue weighted by atomic mass is 10.3. The Morgan fingerprint density at radius 2 is 2.21 bits per heavy atom. The molecule has 0 bridgehead atoms. The molecule has 2 N–H and O–H groups in total. The second kappa shape index (κ2) is 4.70. The largest absolute Gasteiger partial charge is 0.247 e. The lowest BCUT2D eigenvalue weighted by Gasteiger charge is -2.04.